The van der Waals surface area contributed by atoms with Gasteiger partial charge in [0.05, 0.1) is 11.8 Å². The highest BCUT2D eigenvalue weighted by Crippen LogP contribution is 2.31. The Morgan fingerprint density at radius 2 is 2.25 bits per heavy atom. The van der Waals surface area contributed by atoms with Crippen LogP contribution in [0.15, 0.2) is 28.7 Å². The summed E-state index contributed by atoms with van der Waals surface area (Å²) in [7, 11) is 1.54. The summed E-state index contributed by atoms with van der Waals surface area (Å²) < 4.78 is 0.826. The van der Waals surface area contributed by atoms with Crippen LogP contribution in [0.3, 0.4) is 0 Å². The highest BCUT2D eigenvalue weighted by molar-refractivity contribution is 9.10. The van der Waals surface area contributed by atoms with Crippen molar-refractivity contribution >= 4 is 33.4 Å². The summed E-state index contributed by atoms with van der Waals surface area (Å²) in [5.41, 5.74) is 0.774. The van der Waals surface area contributed by atoms with Gasteiger partial charge in [0.15, 0.2) is 0 Å². The maximum atomic E-state index is 12.4. The molecular weight excluding hydrogens is 322 g/mol. The van der Waals surface area contributed by atoms with E-state index in [2.05, 4.69) is 15.9 Å². The van der Waals surface area contributed by atoms with Gasteiger partial charge in [-0.3, -0.25) is 9.59 Å². The van der Waals surface area contributed by atoms with E-state index >= 15 is 0 Å². The predicted molar refractivity (Wildman–Crippen MR) is 77.9 cm³/mol. The van der Waals surface area contributed by atoms with Crippen LogP contribution in [0, 0.1) is 17.2 Å². The molecule has 1 atom stereocenters. The summed E-state index contributed by atoms with van der Waals surface area (Å²) in [6, 6.07) is 9.34. The second-order valence-electron chi connectivity index (χ2n) is 4.63. The summed E-state index contributed by atoms with van der Waals surface area (Å²) in [5.74, 6) is -1.17. The number of halogens is 1. The second kappa shape index (κ2) is 6.06. The van der Waals surface area contributed by atoms with E-state index in [4.69, 9.17) is 5.26 Å². The van der Waals surface area contributed by atoms with Crippen molar-refractivity contribution < 1.29 is 9.59 Å². The molecule has 0 aliphatic carbocycles. The van der Waals surface area contributed by atoms with Crippen molar-refractivity contribution in [2.75, 3.05) is 25.0 Å². The number of hydrogen-bond donors (Lipinski definition) is 0. The van der Waals surface area contributed by atoms with Gasteiger partial charge < -0.3 is 9.80 Å². The predicted octanol–water partition coefficient (Wildman–Crippen LogP) is 1.78. The molecule has 2 rings (SSSR count). The molecule has 1 saturated heterocycles. The lowest BCUT2D eigenvalue weighted by Gasteiger charge is -2.20. The summed E-state index contributed by atoms with van der Waals surface area (Å²) >= 11 is 3.41. The third-order valence-corrected chi connectivity index (χ3v) is 4.00. The number of rotatable bonds is 3. The van der Waals surface area contributed by atoms with Crippen LogP contribution in [0.25, 0.3) is 0 Å². The minimum atomic E-state index is -0.680. The van der Waals surface area contributed by atoms with Crippen LogP contribution in [-0.4, -0.2) is 36.9 Å². The molecule has 0 aromatic heterocycles. The van der Waals surface area contributed by atoms with Crippen molar-refractivity contribution in [3.05, 3.63) is 28.7 Å². The van der Waals surface area contributed by atoms with Crippen molar-refractivity contribution in [1.29, 1.82) is 5.26 Å². The summed E-state index contributed by atoms with van der Waals surface area (Å²) in [6.07, 6.45) is 0.481. The monoisotopic (exact) mass is 335 g/mol. The third-order valence-electron chi connectivity index (χ3n) is 3.33. The van der Waals surface area contributed by atoms with Crippen molar-refractivity contribution in [3.63, 3.8) is 0 Å². The fraction of sp³-hybridized carbons (Fsp3) is 0.357. The van der Waals surface area contributed by atoms with Crippen LogP contribution in [0.2, 0.25) is 0 Å². The minimum Gasteiger partial charge on any atom is -0.332 e. The summed E-state index contributed by atoms with van der Waals surface area (Å²) in [5, 5.41) is 8.62. The Hall–Kier alpha value is -1.87. The van der Waals surface area contributed by atoms with Crippen LogP contribution < -0.4 is 4.90 Å². The zero-order valence-electron chi connectivity index (χ0n) is 11.0. The molecule has 104 valence electrons. The topological polar surface area (TPSA) is 64.4 Å². The van der Waals surface area contributed by atoms with Gasteiger partial charge in [0, 0.05) is 18.1 Å². The number of benzene rings is 1. The van der Waals surface area contributed by atoms with Crippen LogP contribution in [0.4, 0.5) is 5.69 Å². The molecule has 1 unspecified atom stereocenters. The van der Waals surface area contributed by atoms with Gasteiger partial charge in [0.2, 0.25) is 11.8 Å². The number of para-hydroxylation sites is 1. The first-order valence-corrected chi connectivity index (χ1v) is 7.03. The van der Waals surface area contributed by atoms with E-state index in [1.54, 1.807) is 11.9 Å². The summed E-state index contributed by atoms with van der Waals surface area (Å²) in [6.45, 7) is 0.510. The van der Waals surface area contributed by atoms with Crippen molar-refractivity contribution in [2.24, 2.45) is 5.92 Å². The number of carbonyl (C=O) groups excluding carboxylic acids is 2. The average molecular weight is 336 g/mol. The molecule has 0 bridgehead atoms. The molecule has 0 saturated carbocycles. The maximum absolute atomic E-state index is 12.4. The summed E-state index contributed by atoms with van der Waals surface area (Å²) in [4.78, 5) is 27.4. The number of carbonyl (C=O) groups is 2. The van der Waals surface area contributed by atoms with Crippen molar-refractivity contribution in [3.8, 4) is 6.07 Å². The smallest absolute Gasteiger partial charge is 0.239 e. The molecule has 6 heteroatoms. The van der Waals surface area contributed by atoms with Crippen LogP contribution in [0.1, 0.15) is 6.42 Å². The SMILES string of the molecule is CN(CC#N)C(=O)C1CCN(c2ccccc2Br)C1=O. The molecule has 0 radical (unpaired) electrons. The molecule has 1 aromatic carbocycles. The molecule has 0 N–H and O–H groups in total. The number of hydrogen-bond acceptors (Lipinski definition) is 3. The van der Waals surface area contributed by atoms with Crippen LogP contribution >= 0.6 is 15.9 Å². The fourth-order valence-corrected chi connectivity index (χ4v) is 2.77. The van der Waals surface area contributed by atoms with Gasteiger partial charge in [-0.1, -0.05) is 12.1 Å². The number of nitriles is 1. The Kier molecular flexibility index (Phi) is 4.40. The van der Waals surface area contributed by atoms with Gasteiger partial charge in [-0.05, 0) is 34.5 Å². The second-order valence-corrected chi connectivity index (χ2v) is 5.49. The molecule has 1 heterocycles. The lowest BCUT2D eigenvalue weighted by atomic mass is 10.1. The van der Waals surface area contributed by atoms with Crippen molar-refractivity contribution in [2.45, 2.75) is 6.42 Å². The highest BCUT2D eigenvalue weighted by Gasteiger charge is 2.39. The lowest BCUT2D eigenvalue weighted by molar-refractivity contribution is -0.138. The minimum absolute atomic E-state index is 0.00234. The van der Waals surface area contributed by atoms with E-state index in [1.165, 1.54) is 4.90 Å². The number of amides is 2. The van der Waals surface area contributed by atoms with Gasteiger partial charge in [-0.15, -0.1) is 0 Å². The van der Waals surface area contributed by atoms with Crippen molar-refractivity contribution in [1.82, 2.24) is 4.90 Å². The highest BCUT2D eigenvalue weighted by atomic mass is 79.9. The Morgan fingerprint density at radius 3 is 2.90 bits per heavy atom. The molecule has 2 amide bonds. The molecule has 1 aromatic rings. The molecule has 1 fully saturated rings. The molecule has 0 spiro atoms. The number of nitrogens with zero attached hydrogens (tertiary/aromatic N) is 3. The zero-order valence-corrected chi connectivity index (χ0v) is 12.6. The Bertz CT molecular complexity index is 582. The molecule has 1 aliphatic heterocycles. The van der Waals surface area contributed by atoms with E-state index in [-0.39, 0.29) is 18.4 Å². The van der Waals surface area contributed by atoms with E-state index in [0.717, 1.165) is 10.2 Å². The van der Waals surface area contributed by atoms with Gasteiger partial charge in [0.1, 0.15) is 12.5 Å². The van der Waals surface area contributed by atoms with Crippen LogP contribution in [0.5, 0.6) is 0 Å². The molecule has 20 heavy (non-hydrogen) atoms. The number of anilines is 1. The largest absolute Gasteiger partial charge is 0.332 e. The lowest BCUT2D eigenvalue weighted by Crippen LogP contribution is -2.38. The molecule has 5 nitrogen and oxygen atoms in total. The standard InChI is InChI=1S/C14H14BrN3O2/c1-17(9-7-16)13(19)10-6-8-18(14(10)20)12-5-3-2-4-11(12)15/h2-5,10H,6,8-9H2,1H3. The van der Waals surface area contributed by atoms with E-state index in [9.17, 15) is 9.59 Å². The van der Waals surface area contributed by atoms with E-state index in [0.29, 0.717) is 13.0 Å². The maximum Gasteiger partial charge on any atom is 0.239 e. The van der Waals surface area contributed by atoms with Gasteiger partial charge >= 0.3 is 0 Å². The first-order valence-electron chi connectivity index (χ1n) is 6.24. The van der Waals surface area contributed by atoms with Gasteiger partial charge in [-0.2, -0.15) is 5.26 Å². The zero-order chi connectivity index (χ0) is 14.7. The quantitative estimate of drug-likeness (QED) is 0.624. The van der Waals surface area contributed by atoms with Crippen LogP contribution in [-0.2, 0) is 9.59 Å². The first-order chi connectivity index (χ1) is 9.56. The first kappa shape index (κ1) is 14.5. The molecular formula is C14H14BrN3O2. The van der Waals surface area contributed by atoms with E-state index in [1.807, 2.05) is 30.3 Å². The Balaban J connectivity index is 2.16. The average Bonchev–Trinajstić information content (AvgIpc) is 2.80. The molecule has 1 aliphatic rings. The normalized spacial score (nSPS) is 17.9. The third kappa shape index (κ3) is 2.68. The Labute approximate surface area is 125 Å². The van der Waals surface area contributed by atoms with Gasteiger partial charge in [-0.25, -0.2) is 0 Å². The van der Waals surface area contributed by atoms with E-state index < -0.39 is 5.92 Å². The fourth-order valence-electron chi connectivity index (χ4n) is 2.27. The van der Waals surface area contributed by atoms with Gasteiger partial charge in [0.25, 0.3) is 0 Å². The Morgan fingerprint density at radius 1 is 1.55 bits per heavy atom.